The van der Waals surface area contributed by atoms with Gasteiger partial charge in [0, 0.05) is 29.7 Å². The van der Waals surface area contributed by atoms with Crippen molar-refractivity contribution < 1.29 is 4.74 Å². The van der Waals surface area contributed by atoms with Crippen LogP contribution in [0.4, 0.5) is 5.69 Å². The van der Waals surface area contributed by atoms with Gasteiger partial charge in [-0.15, -0.1) is 0 Å². The molecule has 1 saturated heterocycles. The molecular weight excluding hydrogens is 324 g/mol. The molecule has 0 atom stereocenters. The molecule has 0 aliphatic carbocycles. The van der Waals surface area contributed by atoms with E-state index in [1.54, 1.807) is 0 Å². The average molecular weight is 343 g/mol. The highest BCUT2D eigenvalue weighted by Crippen LogP contribution is 2.30. The lowest BCUT2D eigenvalue weighted by Crippen LogP contribution is -2.37. The molecule has 0 unspecified atom stereocenters. The van der Waals surface area contributed by atoms with Gasteiger partial charge < -0.3 is 15.4 Å². The first kappa shape index (κ1) is 14.8. The van der Waals surface area contributed by atoms with Crippen molar-refractivity contribution in [3.63, 3.8) is 0 Å². The molecule has 2 N–H and O–H groups in total. The molecule has 0 radical (unpaired) electrons. The Bertz CT molecular complexity index is 459. The van der Waals surface area contributed by atoms with Gasteiger partial charge >= 0.3 is 0 Å². The van der Waals surface area contributed by atoms with Gasteiger partial charge in [0.05, 0.1) is 11.8 Å². The van der Waals surface area contributed by atoms with Crippen LogP contribution in [-0.2, 0) is 4.74 Å². The monoisotopic (exact) mass is 342 g/mol. The number of halogens is 1. The number of benzene rings is 1. The van der Waals surface area contributed by atoms with Crippen molar-refractivity contribution in [3.8, 4) is 0 Å². The van der Waals surface area contributed by atoms with E-state index in [-0.39, 0.29) is 0 Å². The molecule has 104 valence electrons. The molecule has 0 saturated carbocycles. The van der Waals surface area contributed by atoms with Crippen LogP contribution >= 0.6 is 28.1 Å². The van der Waals surface area contributed by atoms with Crippen molar-refractivity contribution in [2.75, 3.05) is 24.6 Å². The van der Waals surface area contributed by atoms with Crippen molar-refractivity contribution in [2.45, 2.75) is 25.9 Å². The van der Waals surface area contributed by atoms with Crippen molar-refractivity contribution >= 4 is 38.8 Å². The van der Waals surface area contributed by atoms with Crippen LogP contribution in [0.25, 0.3) is 0 Å². The molecule has 1 aliphatic rings. The third-order valence-electron chi connectivity index (χ3n) is 3.42. The first-order valence-corrected chi connectivity index (χ1v) is 7.78. The van der Waals surface area contributed by atoms with E-state index in [1.807, 2.05) is 12.1 Å². The summed E-state index contributed by atoms with van der Waals surface area (Å²) in [5.41, 5.74) is 7.74. The predicted molar refractivity (Wildman–Crippen MR) is 86.9 cm³/mol. The largest absolute Gasteiger partial charge is 0.389 e. The van der Waals surface area contributed by atoms with E-state index in [9.17, 15) is 0 Å². The molecule has 0 aromatic heterocycles. The minimum absolute atomic E-state index is 0.413. The standard InChI is InChI=1S/C14H19BrN2OS/c1-2-18-11-5-7-17(8-6-11)13-4-3-10(14(16)19)9-12(13)15/h3-4,9,11H,2,5-8H2,1H3,(H2,16,19). The molecule has 0 amide bonds. The number of hydrogen-bond acceptors (Lipinski definition) is 3. The van der Waals surface area contributed by atoms with Crippen LogP contribution in [0.15, 0.2) is 22.7 Å². The number of hydrogen-bond donors (Lipinski definition) is 1. The SMILES string of the molecule is CCOC1CCN(c2ccc(C(N)=S)cc2Br)CC1. The van der Waals surface area contributed by atoms with E-state index >= 15 is 0 Å². The van der Waals surface area contributed by atoms with E-state index in [1.165, 1.54) is 5.69 Å². The fraction of sp³-hybridized carbons (Fsp3) is 0.500. The summed E-state index contributed by atoms with van der Waals surface area (Å²) in [5.74, 6) is 0. The first-order chi connectivity index (χ1) is 9.11. The van der Waals surface area contributed by atoms with Crippen LogP contribution in [0, 0.1) is 0 Å². The maximum atomic E-state index is 5.68. The van der Waals surface area contributed by atoms with Gasteiger partial charge in [0.2, 0.25) is 0 Å². The van der Waals surface area contributed by atoms with Gasteiger partial charge in [-0.25, -0.2) is 0 Å². The Hall–Kier alpha value is -0.650. The van der Waals surface area contributed by atoms with Gasteiger partial charge in [0.25, 0.3) is 0 Å². The van der Waals surface area contributed by atoms with Crippen LogP contribution in [-0.4, -0.2) is 30.8 Å². The normalized spacial score (nSPS) is 16.6. The summed E-state index contributed by atoms with van der Waals surface area (Å²) in [4.78, 5) is 2.81. The van der Waals surface area contributed by atoms with E-state index < -0.39 is 0 Å². The summed E-state index contributed by atoms with van der Waals surface area (Å²) in [7, 11) is 0. The molecule has 1 fully saturated rings. The fourth-order valence-corrected chi connectivity index (χ4v) is 3.17. The summed E-state index contributed by atoms with van der Waals surface area (Å²) in [6.07, 6.45) is 2.57. The molecule has 0 spiro atoms. The quantitative estimate of drug-likeness (QED) is 0.853. The molecule has 1 heterocycles. The Morgan fingerprint density at radius 2 is 2.16 bits per heavy atom. The van der Waals surface area contributed by atoms with Crippen LogP contribution in [0.3, 0.4) is 0 Å². The number of ether oxygens (including phenoxy) is 1. The van der Waals surface area contributed by atoms with E-state index in [0.29, 0.717) is 11.1 Å². The molecule has 1 aromatic rings. The molecule has 5 heteroatoms. The van der Waals surface area contributed by atoms with Gasteiger partial charge in [-0.1, -0.05) is 12.2 Å². The predicted octanol–water partition coefficient (Wildman–Crippen LogP) is 3.09. The van der Waals surface area contributed by atoms with E-state index in [4.69, 9.17) is 22.7 Å². The smallest absolute Gasteiger partial charge is 0.104 e. The minimum Gasteiger partial charge on any atom is -0.389 e. The van der Waals surface area contributed by atoms with Crippen molar-refractivity contribution in [2.24, 2.45) is 5.73 Å². The summed E-state index contributed by atoms with van der Waals surface area (Å²) < 4.78 is 6.72. The number of nitrogens with two attached hydrogens (primary N) is 1. The zero-order valence-corrected chi connectivity index (χ0v) is 13.5. The Labute approximate surface area is 128 Å². The molecular formula is C14H19BrN2OS. The molecule has 2 rings (SSSR count). The van der Waals surface area contributed by atoms with E-state index in [2.05, 4.69) is 33.8 Å². The topological polar surface area (TPSA) is 38.5 Å². The molecule has 1 aromatic carbocycles. The number of piperidine rings is 1. The maximum absolute atomic E-state index is 5.68. The van der Waals surface area contributed by atoms with Crippen LogP contribution in [0.5, 0.6) is 0 Å². The number of rotatable bonds is 4. The Morgan fingerprint density at radius 1 is 1.47 bits per heavy atom. The van der Waals surface area contributed by atoms with Crippen molar-refractivity contribution in [1.29, 1.82) is 0 Å². The highest BCUT2D eigenvalue weighted by Gasteiger charge is 2.20. The zero-order chi connectivity index (χ0) is 13.8. The van der Waals surface area contributed by atoms with Gasteiger partial charge in [-0.3, -0.25) is 0 Å². The van der Waals surface area contributed by atoms with Crippen molar-refractivity contribution in [1.82, 2.24) is 0 Å². The highest BCUT2D eigenvalue weighted by atomic mass is 79.9. The van der Waals surface area contributed by atoms with Gasteiger partial charge in [-0.2, -0.15) is 0 Å². The van der Waals surface area contributed by atoms with Gasteiger partial charge in [0.1, 0.15) is 4.99 Å². The van der Waals surface area contributed by atoms with Crippen LogP contribution < -0.4 is 10.6 Å². The van der Waals surface area contributed by atoms with Crippen molar-refractivity contribution in [3.05, 3.63) is 28.2 Å². The summed E-state index contributed by atoms with van der Waals surface area (Å²) in [6, 6.07) is 6.06. The molecule has 19 heavy (non-hydrogen) atoms. The summed E-state index contributed by atoms with van der Waals surface area (Å²) >= 11 is 8.60. The Balaban J connectivity index is 2.05. The lowest BCUT2D eigenvalue weighted by Gasteiger charge is -2.34. The summed E-state index contributed by atoms with van der Waals surface area (Å²) in [6.45, 7) is 4.90. The highest BCUT2D eigenvalue weighted by molar-refractivity contribution is 9.10. The second-order valence-electron chi connectivity index (χ2n) is 4.67. The van der Waals surface area contributed by atoms with Crippen LogP contribution in [0.2, 0.25) is 0 Å². The molecule has 1 aliphatic heterocycles. The third-order valence-corrected chi connectivity index (χ3v) is 4.29. The first-order valence-electron chi connectivity index (χ1n) is 6.57. The molecule has 0 bridgehead atoms. The number of thiocarbonyl (C=S) groups is 1. The number of nitrogens with zero attached hydrogens (tertiary/aromatic N) is 1. The molecule has 3 nitrogen and oxygen atoms in total. The summed E-state index contributed by atoms with van der Waals surface area (Å²) in [5, 5.41) is 0. The lowest BCUT2D eigenvalue weighted by molar-refractivity contribution is 0.0459. The maximum Gasteiger partial charge on any atom is 0.104 e. The fourth-order valence-electron chi connectivity index (χ4n) is 2.42. The van der Waals surface area contributed by atoms with Gasteiger partial charge in [-0.05, 0) is 53.9 Å². The third kappa shape index (κ3) is 3.68. The van der Waals surface area contributed by atoms with Gasteiger partial charge in [0.15, 0.2) is 0 Å². The Morgan fingerprint density at radius 3 is 2.68 bits per heavy atom. The minimum atomic E-state index is 0.413. The zero-order valence-electron chi connectivity index (χ0n) is 11.1. The Kier molecular flexibility index (Phi) is 5.19. The van der Waals surface area contributed by atoms with E-state index in [0.717, 1.165) is 42.6 Å². The number of anilines is 1. The van der Waals surface area contributed by atoms with Crippen LogP contribution in [0.1, 0.15) is 25.3 Å². The average Bonchev–Trinajstić information content (AvgIpc) is 2.40. The second-order valence-corrected chi connectivity index (χ2v) is 5.97. The lowest BCUT2D eigenvalue weighted by atomic mass is 10.1. The second kappa shape index (κ2) is 6.68.